The summed E-state index contributed by atoms with van der Waals surface area (Å²) in [6.07, 6.45) is 5.02. The van der Waals surface area contributed by atoms with Gasteiger partial charge in [0.1, 0.15) is 5.82 Å². The average molecular weight is 387 g/mol. The first-order chi connectivity index (χ1) is 14.2. The quantitative estimate of drug-likeness (QED) is 0.534. The number of fused-ring (bicyclic) bond motifs is 1. The van der Waals surface area contributed by atoms with E-state index in [1.54, 1.807) is 4.68 Å². The van der Waals surface area contributed by atoms with Crippen LogP contribution in [0.2, 0.25) is 0 Å². The minimum atomic E-state index is 0.480. The Morgan fingerprint density at radius 3 is 2.41 bits per heavy atom. The molecule has 7 heteroatoms. The van der Waals surface area contributed by atoms with Gasteiger partial charge in [-0.1, -0.05) is 19.1 Å². The molecule has 0 aliphatic carbocycles. The summed E-state index contributed by atoms with van der Waals surface area (Å²) >= 11 is 0. The van der Waals surface area contributed by atoms with Crippen molar-refractivity contribution in [2.24, 2.45) is 0 Å². The maximum Gasteiger partial charge on any atom is 0.175 e. The van der Waals surface area contributed by atoms with E-state index in [9.17, 15) is 0 Å². The van der Waals surface area contributed by atoms with Crippen molar-refractivity contribution in [1.29, 1.82) is 0 Å². The van der Waals surface area contributed by atoms with Gasteiger partial charge in [-0.15, -0.1) is 10.2 Å². The molecule has 1 fully saturated rings. The number of aromatic nitrogens is 6. The van der Waals surface area contributed by atoms with Crippen molar-refractivity contribution in [3.63, 3.8) is 0 Å². The highest BCUT2D eigenvalue weighted by Crippen LogP contribution is 2.30. The second-order valence-corrected chi connectivity index (χ2v) is 7.61. The molecule has 0 amide bonds. The molecule has 1 aliphatic heterocycles. The van der Waals surface area contributed by atoms with E-state index in [4.69, 9.17) is 4.98 Å². The van der Waals surface area contributed by atoms with Crippen LogP contribution < -0.4 is 4.90 Å². The van der Waals surface area contributed by atoms with E-state index in [0.717, 1.165) is 55.2 Å². The Kier molecular flexibility index (Phi) is 4.50. The smallest absolute Gasteiger partial charge is 0.175 e. The van der Waals surface area contributed by atoms with Crippen LogP contribution in [0, 0.1) is 6.92 Å². The number of rotatable bonds is 4. The lowest BCUT2D eigenvalue weighted by atomic mass is 10.0. The molecule has 0 unspecified atom stereocenters. The van der Waals surface area contributed by atoms with Gasteiger partial charge in [-0.3, -0.25) is 0 Å². The Labute approximate surface area is 170 Å². The molecule has 7 nitrogen and oxygen atoms in total. The zero-order valence-corrected chi connectivity index (χ0v) is 16.9. The van der Waals surface area contributed by atoms with Gasteiger partial charge in [-0.05, 0) is 50.1 Å². The molecule has 0 N–H and O–H groups in total. The van der Waals surface area contributed by atoms with Crippen molar-refractivity contribution in [2.45, 2.75) is 39.2 Å². The molecule has 4 heterocycles. The van der Waals surface area contributed by atoms with Crippen LogP contribution in [-0.4, -0.2) is 42.6 Å². The van der Waals surface area contributed by atoms with Crippen LogP contribution in [0.25, 0.3) is 16.9 Å². The highest BCUT2D eigenvalue weighted by atomic mass is 15.4. The van der Waals surface area contributed by atoms with Gasteiger partial charge in [-0.2, -0.15) is 5.10 Å². The number of hydrogen-bond donors (Lipinski definition) is 0. The predicted octanol–water partition coefficient (Wildman–Crippen LogP) is 3.72. The van der Waals surface area contributed by atoms with Crippen LogP contribution in [-0.2, 0) is 6.42 Å². The number of anilines is 1. The lowest BCUT2D eigenvalue weighted by Crippen LogP contribution is -2.35. The average Bonchev–Trinajstić information content (AvgIpc) is 3.37. The molecule has 1 saturated heterocycles. The van der Waals surface area contributed by atoms with Gasteiger partial charge in [0, 0.05) is 31.7 Å². The number of piperidine rings is 1. The summed E-state index contributed by atoms with van der Waals surface area (Å²) in [6, 6.07) is 14.9. The maximum absolute atomic E-state index is 4.84. The fourth-order valence-electron chi connectivity index (χ4n) is 4.26. The zero-order chi connectivity index (χ0) is 19.8. The Morgan fingerprint density at radius 2 is 1.72 bits per heavy atom. The summed E-state index contributed by atoms with van der Waals surface area (Å²) < 4.78 is 4.22. The predicted molar refractivity (Wildman–Crippen MR) is 113 cm³/mol. The number of aryl methyl sites for hydroxylation is 2. The maximum atomic E-state index is 4.84. The monoisotopic (exact) mass is 387 g/mol. The Hall–Kier alpha value is -3.22. The summed E-state index contributed by atoms with van der Waals surface area (Å²) in [5, 5.41) is 13.2. The summed E-state index contributed by atoms with van der Waals surface area (Å²) in [7, 11) is 0. The van der Waals surface area contributed by atoms with Gasteiger partial charge < -0.3 is 9.47 Å². The standard InChI is InChI=1S/C22H25N7/c1-3-20-23-18-6-4-5-7-19(18)29(20)17-11-13-27(14-12-17)21-8-9-22(25-24-21)28-15-10-16(2)26-28/h4-10,15,17H,3,11-14H2,1-2H3. The molecule has 3 aromatic heterocycles. The van der Waals surface area contributed by atoms with Crippen molar-refractivity contribution in [1.82, 2.24) is 29.5 Å². The van der Waals surface area contributed by atoms with E-state index in [2.05, 4.69) is 56.0 Å². The first kappa shape index (κ1) is 17.8. The minimum Gasteiger partial charge on any atom is -0.355 e. The topological polar surface area (TPSA) is 64.7 Å². The molecular formula is C22H25N7. The first-order valence-electron chi connectivity index (χ1n) is 10.3. The van der Waals surface area contributed by atoms with Crippen molar-refractivity contribution < 1.29 is 0 Å². The Bertz CT molecular complexity index is 1120. The lowest BCUT2D eigenvalue weighted by Gasteiger charge is -2.34. The van der Waals surface area contributed by atoms with E-state index in [0.29, 0.717) is 6.04 Å². The molecule has 148 valence electrons. The van der Waals surface area contributed by atoms with Gasteiger partial charge in [0.15, 0.2) is 11.6 Å². The lowest BCUT2D eigenvalue weighted by molar-refractivity contribution is 0.393. The van der Waals surface area contributed by atoms with Crippen molar-refractivity contribution in [3.05, 3.63) is 60.2 Å². The van der Waals surface area contributed by atoms with Crippen molar-refractivity contribution >= 4 is 16.9 Å². The normalized spacial score (nSPS) is 15.3. The number of benzene rings is 1. The molecule has 1 aromatic carbocycles. The summed E-state index contributed by atoms with van der Waals surface area (Å²) in [6.45, 7) is 6.09. The first-order valence-corrected chi connectivity index (χ1v) is 10.3. The molecule has 5 rings (SSSR count). The van der Waals surface area contributed by atoms with Crippen LogP contribution in [0.3, 0.4) is 0 Å². The molecule has 0 radical (unpaired) electrons. The van der Waals surface area contributed by atoms with Crippen molar-refractivity contribution in [2.75, 3.05) is 18.0 Å². The summed E-state index contributed by atoms with van der Waals surface area (Å²) in [5.41, 5.74) is 3.32. The van der Waals surface area contributed by atoms with Gasteiger partial charge >= 0.3 is 0 Å². The molecule has 0 spiro atoms. The summed E-state index contributed by atoms with van der Waals surface area (Å²) in [4.78, 5) is 7.17. The highest BCUT2D eigenvalue weighted by molar-refractivity contribution is 5.76. The molecule has 0 saturated carbocycles. The zero-order valence-electron chi connectivity index (χ0n) is 16.9. The fraction of sp³-hybridized carbons (Fsp3) is 0.364. The highest BCUT2D eigenvalue weighted by Gasteiger charge is 2.24. The number of para-hydroxylation sites is 2. The van der Waals surface area contributed by atoms with Crippen LogP contribution in [0.15, 0.2) is 48.7 Å². The minimum absolute atomic E-state index is 0.480. The number of nitrogens with zero attached hydrogens (tertiary/aromatic N) is 7. The molecular weight excluding hydrogens is 362 g/mol. The van der Waals surface area contributed by atoms with E-state index in [1.807, 2.05) is 31.3 Å². The van der Waals surface area contributed by atoms with E-state index in [-0.39, 0.29) is 0 Å². The molecule has 4 aromatic rings. The second kappa shape index (κ2) is 7.31. The molecule has 29 heavy (non-hydrogen) atoms. The molecule has 0 bridgehead atoms. The third-order valence-corrected chi connectivity index (χ3v) is 5.73. The third kappa shape index (κ3) is 3.26. The van der Waals surface area contributed by atoms with E-state index in [1.165, 1.54) is 11.3 Å². The molecule has 0 atom stereocenters. The van der Waals surface area contributed by atoms with Gasteiger partial charge in [-0.25, -0.2) is 9.67 Å². The van der Waals surface area contributed by atoms with Gasteiger partial charge in [0.2, 0.25) is 0 Å². The third-order valence-electron chi connectivity index (χ3n) is 5.73. The van der Waals surface area contributed by atoms with Crippen LogP contribution in [0.4, 0.5) is 5.82 Å². The largest absolute Gasteiger partial charge is 0.355 e. The van der Waals surface area contributed by atoms with E-state index < -0.39 is 0 Å². The fourth-order valence-corrected chi connectivity index (χ4v) is 4.26. The number of hydrogen-bond acceptors (Lipinski definition) is 5. The van der Waals surface area contributed by atoms with Gasteiger partial charge in [0.05, 0.1) is 16.7 Å². The Morgan fingerprint density at radius 1 is 0.966 bits per heavy atom. The van der Waals surface area contributed by atoms with Gasteiger partial charge in [0.25, 0.3) is 0 Å². The second-order valence-electron chi connectivity index (χ2n) is 7.61. The van der Waals surface area contributed by atoms with Crippen molar-refractivity contribution in [3.8, 4) is 5.82 Å². The SMILES string of the molecule is CCc1nc2ccccc2n1C1CCN(c2ccc(-n3ccc(C)n3)nn2)CC1. The van der Waals surface area contributed by atoms with E-state index >= 15 is 0 Å². The van der Waals surface area contributed by atoms with Crippen LogP contribution >= 0.6 is 0 Å². The van der Waals surface area contributed by atoms with Crippen LogP contribution in [0.5, 0.6) is 0 Å². The molecule has 1 aliphatic rings. The number of imidazole rings is 1. The Balaban J connectivity index is 1.32. The van der Waals surface area contributed by atoms with Crippen LogP contribution in [0.1, 0.15) is 37.3 Å². The summed E-state index contributed by atoms with van der Waals surface area (Å²) in [5.74, 6) is 2.86.